The van der Waals surface area contributed by atoms with E-state index in [2.05, 4.69) is 37.4 Å². The normalized spacial score (nSPS) is 10.6. The van der Waals surface area contributed by atoms with Crippen LogP contribution in [-0.2, 0) is 6.54 Å². The fourth-order valence-electron chi connectivity index (χ4n) is 1.90. The first-order chi connectivity index (χ1) is 8.88. The molecule has 102 valence electrons. The molecule has 0 amide bonds. The monoisotopic (exact) mass is 249 g/mol. The number of unbranched alkanes of at least 4 members (excludes halogenated alkanes) is 3. The highest BCUT2D eigenvalue weighted by Gasteiger charge is 2.01. The van der Waals surface area contributed by atoms with Crippen molar-refractivity contribution in [3.05, 3.63) is 29.8 Å². The van der Waals surface area contributed by atoms with E-state index >= 15 is 0 Å². The van der Waals surface area contributed by atoms with Gasteiger partial charge in [-0.1, -0.05) is 51.3 Å². The van der Waals surface area contributed by atoms with Crippen LogP contribution in [0.15, 0.2) is 24.3 Å². The second-order valence-corrected chi connectivity index (χ2v) is 4.69. The standard InChI is InChI=1S/C16H27NO/c1-3-5-6-9-12-17-14-15-10-7-8-11-16(15)18-13-4-2/h7-8,10-11,17H,3-6,9,12-14H2,1-2H3. The Kier molecular flexibility index (Phi) is 8.32. The van der Waals surface area contributed by atoms with Crippen molar-refractivity contribution in [3.8, 4) is 5.75 Å². The van der Waals surface area contributed by atoms with Crippen LogP contribution < -0.4 is 10.1 Å². The van der Waals surface area contributed by atoms with Crippen LogP contribution in [-0.4, -0.2) is 13.2 Å². The molecule has 0 heterocycles. The van der Waals surface area contributed by atoms with Gasteiger partial charge in [0.05, 0.1) is 6.61 Å². The van der Waals surface area contributed by atoms with Gasteiger partial charge in [0.2, 0.25) is 0 Å². The maximum absolute atomic E-state index is 5.74. The van der Waals surface area contributed by atoms with Crippen molar-refractivity contribution >= 4 is 0 Å². The molecule has 0 saturated heterocycles. The van der Waals surface area contributed by atoms with Crippen LogP contribution >= 0.6 is 0 Å². The second kappa shape index (κ2) is 9.95. The van der Waals surface area contributed by atoms with E-state index in [9.17, 15) is 0 Å². The molecule has 0 saturated carbocycles. The molecule has 0 radical (unpaired) electrons. The van der Waals surface area contributed by atoms with Crippen LogP contribution in [0.25, 0.3) is 0 Å². The third-order valence-electron chi connectivity index (χ3n) is 2.96. The zero-order valence-electron chi connectivity index (χ0n) is 11.9. The molecular weight excluding hydrogens is 222 g/mol. The lowest BCUT2D eigenvalue weighted by atomic mass is 10.2. The van der Waals surface area contributed by atoms with Crippen LogP contribution in [0.3, 0.4) is 0 Å². The molecule has 0 atom stereocenters. The van der Waals surface area contributed by atoms with Gasteiger partial charge in [-0.25, -0.2) is 0 Å². The molecule has 1 rings (SSSR count). The zero-order valence-corrected chi connectivity index (χ0v) is 11.9. The maximum Gasteiger partial charge on any atom is 0.123 e. The van der Waals surface area contributed by atoms with Crippen molar-refractivity contribution in [2.45, 2.75) is 52.5 Å². The molecule has 2 heteroatoms. The van der Waals surface area contributed by atoms with E-state index in [0.717, 1.165) is 31.9 Å². The lowest BCUT2D eigenvalue weighted by Gasteiger charge is -2.11. The van der Waals surface area contributed by atoms with Gasteiger partial charge in [0.1, 0.15) is 5.75 Å². The number of hydrogen-bond acceptors (Lipinski definition) is 2. The van der Waals surface area contributed by atoms with Gasteiger partial charge in [0.25, 0.3) is 0 Å². The molecule has 1 aromatic rings. The first kappa shape index (κ1) is 15.0. The van der Waals surface area contributed by atoms with Gasteiger partial charge < -0.3 is 10.1 Å². The number of para-hydroxylation sites is 1. The van der Waals surface area contributed by atoms with Gasteiger partial charge in [-0.2, -0.15) is 0 Å². The fraction of sp³-hybridized carbons (Fsp3) is 0.625. The largest absolute Gasteiger partial charge is 0.493 e. The highest BCUT2D eigenvalue weighted by atomic mass is 16.5. The first-order valence-corrected chi connectivity index (χ1v) is 7.30. The molecule has 0 bridgehead atoms. The van der Waals surface area contributed by atoms with Crippen LogP contribution in [0.5, 0.6) is 5.75 Å². The third-order valence-corrected chi connectivity index (χ3v) is 2.96. The van der Waals surface area contributed by atoms with Crippen molar-refractivity contribution in [2.75, 3.05) is 13.2 Å². The van der Waals surface area contributed by atoms with Crippen molar-refractivity contribution < 1.29 is 4.74 Å². The quantitative estimate of drug-likeness (QED) is 0.629. The Labute approximate surface area is 112 Å². The molecule has 0 aliphatic heterocycles. The van der Waals surface area contributed by atoms with Crippen molar-refractivity contribution in [1.82, 2.24) is 5.32 Å². The van der Waals surface area contributed by atoms with Crippen molar-refractivity contribution in [2.24, 2.45) is 0 Å². The number of nitrogens with one attached hydrogen (secondary N) is 1. The molecular formula is C16H27NO. The number of rotatable bonds is 10. The summed E-state index contributed by atoms with van der Waals surface area (Å²) in [4.78, 5) is 0. The van der Waals surface area contributed by atoms with Crippen LogP contribution in [0, 0.1) is 0 Å². The minimum absolute atomic E-state index is 0.799. The lowest BCUT2D eigenvalue weighted by Crippen LogP contribution is -2.15. The SMILES string of the molecule is CCCCCCNCc1ccccc1OCCC. The zero-order chi connectivity index (χ0) is 13.1. The summed E-state index contributed by atoms with van der Waals surface area (Å²) in [6.45, 7) is 7.19. The van der Waals surface area contributed by atoms with Crippen molar-refractivity contribution in [3.63, 3.8) is 0 Å². The van der Waals surface area contributed by atoms with Gasteiger partial charge in [0, 0.05) is 12.1 Å². The Morgan fingerprint density at radius 1 is 1.00 bits per heavy atom. The molecule has 0 spiro atoms. The smallest absolute Gasteiger partial charge is 0.123 e. The maximum atomic E-state index is 5.74. The summed E-state index contributed by atoms with van der Waals surface area (Å²) in [6.07, 6.45) is 6.30. The van der Waals surface area contributed by atoms with Gasteiger partial charge in [-0.3, -0.25) is 0 Å². The molecule has 0 aliphatic carbocycles. The van der Waals surface area contributed by atoms with Gasteiger partial charge in [-0.15, -0.1) is 0 Å². The fourth-order valence-corrected chi connectivity index (χ4v) is 1.90. The lowest BCUT2D eigenvalue weighted by molar-refractivity contribution is 0.313. The van der Waals surface area contributed by atoms with E-state index in [1.165, 1.54) is 31.2 Å². The predicted octanol–water partition coefficient (Wildman–Crippen LogP) is 4.15. The first-order valence-electron chi connectivity index (χ1n) is 7.30. The molecule has 0 aromatic heterocycles. The minimum Gasteiger partial charge on any atom is -0.493 e. The van der Waals surface area contributed by atoms with Crippen LogP contribution in [0.1, 0.15) is 51.5 Å². The van der Waals surface area contributed by atoms with E-state index in [1.54, 1.807) is 0 Å². The predicted molar refractivity (Wildman–Crippen MR) is 78.1 cm³/mol. The minimum atomic E-state index is 0.799. The highest BCUT2D eigenvalue weighted by Crippen LogP contribution is 2.17. The summed E-state index contributed by atoms with van der Waals surface area (Å²) < 4.78 is 5.74. The highest BCUT2D eigenvalue weighted by molar-refractivity contribution is 5.33. The molecule has 1 aromatic carbocycles. The summed E-state index contributed by atoms with van der Waals surface area (Å²) in [6, 6.07) is 8.32. The van der Waals surface area contributed by atoms with Gasteiger partial charge >= 0.3 is 0 Å². The van der Waals surface area contributed by atoms with E-state index in [-0.39, 0.29) is 0 Å². The Hall–Kier alpha value is -1.02. The van der Waals surface area contributed by atoms with Crippen molar-refractivity contribution in [1.29, 1.82) is 0 Å². The number of hydrogen-bond donors (Lipinski definition) is 1. The van der Waals surface area contributed by atoms with E-state index < -0.39 is 0 Å². The molecule has 1 N–H and O–H groups in total. The Morgan fingerprint density at radius 3 is 2.61 bits per heavy atom. The molecule has 0 fully saturated rings. The molecule has 0 aliphatic rings. The van der Waals surface area contributed by atoms with Crippen LogP contribution in [0.2, 0.25) is 0 Å². The van der Waals surface area contributed by atoms with Gasteiger partial charge in [-0.05, 0) is 25.5 Å². The topological polar surface area (TPSA) is 21.3 Å². The van der Waals surface area contributed by atoms with E-state index in [4.69, 9.17) is 4.74 Å². The third kappa shape index (κ3) is 6.06. The summed E-state index contributed by atoms with van der Waals surface area (Å²) in [5.41, 5.74) is 1.27. The Balaban J connectivity index is 2.27. The van der Waals surface area contributed by atoms with E-state index in [1.807, 2.05) is 6.07 Å². The van der Waals surface area contributed by atoms with Crippen LogP contribution in [0.4, 0.5) is 0 Å². The number of ether oxygens (including phenoxy) is 1. The van der Waals surface area contributed by atoms with Gasteiger partial charge in [0.15, 0.2) is 0 Å². The summed E-state index contributed by atoms with van der Waals surface area (Å²) in [5.74, 6) is 1.03. The average Bonchev–Trinajstić information content (AvgIpc) is 2.41. The molecule has 2 nitrogen and oxygen atoms in total. The Bertz CT molecular complexity index is 312. The summed E-state index contributed by atoms with van der Waals surface area (Å²) in [5, 5.41) is 3.50. The molecule has 18 heavy (non-hydrogen) atoms. The summed E-state index contributed by atoms with van der Waals surface area (Å²) in [7, 11) is 0. The molecule has 0 unspecified atom stereocenters. The number of benzene rings is 1. The average molecular weight is 249 g/mol. The van der Waals surface area contributed by atoms with E-state index in [0.29, 0.717) is 0 Å². The second-order valence-electron chi connectivity index (χ2n) is 4.69. The Morgan fingerprint density at radius 2 is 1.83 bits per heavy atom. The summed E-state index contributed by atoms with van der Waals surface area (Å²) >= 11 is 0.